The molecule has 4 aromatic rings. The molecule has 1 aliphatic heterocycles. The van der Waals surface area contributed by atoms with Crippen LogP contribution in [-0.2, 0) is 6.54 Å². The molecule has 2 amide bonds. The first kappa shape index (κ1) is 19.9. The van der Waals surface area contributed by atoms with Crippen molar-refractivity contribution in [1.82, 2.24) is 24.3 Å². The fourth-order valence-electron chi connectivity index (χ4n) is 4.02. The molecule has 7 nitrogen and oxygen atoms in total. The first-order chi connectivity index (χ1) is 15.7. The van der Waals surface area contributed by atoms with Crippen LogP contribution in [0.1, 0.15) is 26.3 Å². The zero-order valence-corrected chi connectivity index (χ0v) is 17.6. The maximum absolute atomic E-state index is 13.0. The second-order valence-corrected chi connectivity index (χ2v) is 7.88. The molecule has 2 aromatic carbocycles. The van der Waals surface area contributed by atoms with E-state index in [9.17, 15) is 9.59 Å². The van der Waals surface area contributed by atoms with Crippen molar-refractivity contribution in [2.24, 2.45) is 0 Å². The molecule has 0 saturated carbocycles. The molecule has 5 rings (SSSR count). The summed E-state index contributed by atoms with van der Waals surface area (Å²) in [6, 6.07) is 21.2. The summed E-state index contributed by atoms with van der Waals surface area (Å²) in [6.45, 7) is 2.70. The first-order valence-corrected chi connectivity index (χ1v) is 10.7. The van der Waals surface area contributed by atoms with Crippen molar-refractivity contribution in [2.45, 2.75) is 6.54 Å². The number of carbonyl (C=O) groups excluding carboxylic acids is 2. The van der Waals surface area contributed by atoms with Crippen molar-refractivity contribution in [1.29, 1.82) is 0 Å². The summed E-state index contributed by atoms with van der Waals surface area (Å²) in [5.74, 6) is -0.0754. The van der Waals surface area contributed by atoms with Crippen molar-refractivity contribution in [3.8, 4) is 0 Å². The van der Waals surface area contributed by atoms with E-state index in [0.29, 0.717) is 49.4 Å². The van der Waals surface area contributed by atoms with Gasteiger partial charge in [-0.05, 0) is 23.8 Å². The minimum Gasteiger partial charge on any atom is -0.335 e. The molecule has 0 N–H and O–H groups in total. The minimum absolute atomic E-state index is 0.00439. The van der Waals surface area contributed by atoms with Gasteiger partial charge in [0.05, 0.1) is 18.4 Å². The molecule has 1 saturated heterocycles. The Labute approximate surface area is 185 Å². The highest BCUT2D eigenvalue weighted by Gasteiger charge is 2.26. The van der Waals surface area contributed by atoms with E-state index in [1.54, 1.807) is 28.4 Å². The number of amides is 2. The molecule has 1 fully saturated rings. The number of benzene rings is 2. The number of carbonyl (C=O) groups is 2. The van der Waals surface area contributed by atoms with Gasteiger partial charge in [-0.25, -0.2) is 9.97 Å². The molecule has 7 heteroatoms. The Balaban J connectivity index is 1.26. The third-order valence-electron chi connectivity index (χ3n) is 5.77. The lowest BCUT2D eigenvalue weighted by atomic mass is 10.1. The van der Waals surface area contributed by atoms with Gasteiger partial charge in [-0.2, -0.15) is 0 Å². The van der Waals surface area contributed by atoms with Crippen LogP contribution >= 0.6 is 0 Å². The Hall–Kier alpha value is -4.00. The van der Waals surface area contributed by atoms with E-state index in [-0.39, 0.29) is 11.8 Å². The van der Waals surface area contributed by atoms with E-state index in [1.165, 1.54) is 0 Å². The zero-order valence-electron chi connectivity index (χ0n) is 17.6. The second-order valence-electron chi connectivity index (χ2n) is 7.88. The minimum atomic E-state index is -0.0798. The van der Waals surface area contributed by atoms with Gasteiger partial charge in [0.25, 0.3) is 11.8 Å². The highest BCUT2D eigenvalue weighted by atomic mass is 16.2. The topological polar surface area (TPSA) is 71.3 Å². The Morgan fingerprint density at radius 3 is 2.00 bits per heavy atom. The van der Waals surface area contributed by atoms with E-state index in [2.05, 4.69) is 22.1 Å². The fraction of sp³-hybridized carbons (Fsp3) is 0.200. The van der Waals surface area contributed by atoms with Crippen molar-refractivity contribution in [2.75, 3.05) is 26.2 Å². The van der Waals surface area contributed by atoms with Gasteiger partial charge in [0.1, 0.15) is 5.52 Å². The standard InChI is InChI=1S/C25H23N5O2/c31-24(20-9-5-2-6-10-20)28-11-13-29(14-12-28)25(32)21-15-22-23(26-16-21)30(18-27-22)17-19-7-3-1-4-8-19/h1-10,15-16,18H,11-14,17H2. The number of rotatable bonds is 4. The van der Waals surface area contributed by atoms with Crippen molar-refractivity contribution in [3.05, 3.63) is 95.9 Å². The molecule has 0 atom stereocenters. The summed E-state index contributed by atoms with van der Waals surface area (Å²) in [5, 5.41) is 0. The van der Waals surface area contributed by atoms with E-state index in [1.807, 2.05) is 53.1 Å². The average Bonchev–Trinajstić information content (AvgIpc) is 3.26. The maximum atomic E-state index is 13.0. The molecular weight excluding hydrogens is 402 g/mol. The number of piperazine rings is 1. The van der Waals surface area contributed by atoms with Gasteiger partial charge in [0.2, 0.25) is 0 Å². The van der Waals surface area contributed by atoms with Gasteiger partial charge in [0, 0.05) is 37.9 Å². The van der Waals surface area contributed by atoms with E-state index in [4.69, 9.17) is 0 Å². The Morgan fingerprint density at radius 1 is 0.750 bits per heavy atom. The van der Waals surface area contributed by atoms with Crippen LogP contribution in [0.2, 0.25) is 0 Å². The molecule has 1 aliphatic rings. The molecule has 2 aromatic heterocycles. The van der Waals surface area contributed by atoms with Crippen molar-refractivity contribution < 1.29 is 9.59 Å². The number of fused-ring (bicyclic) bond motifs is 1. The summed E-state index contributed by atoms with van der Waals surface area (Å²) >= 11 is 0. The van der Waals surface area contributed by atoms with E-state index < -0.39 is 0 Å². The van der Waals surface area contributed by atoms with Gasteiger partial charge in [-0.3, -0.25) is 9.59 Å². The van der Waals surface area contributed by atoms with Gasteiger partial charge < -0.3 is 14.4 Å². The highest BCUT2D eigenvalue weighted by Crippen LogP contribution is 2.17. The van der Waals surface area contributed by atoms with Crippen LogP contribution in [0.5, 0.6) is 0 Å². The van der Waals surface area contributed by atoms with Crippen LogP contribution in [0, 0.1) is 0 Å². The lowest BCUT2D eigenvalue weighted by molar-refractivity contribution is 0.0535. The molecule has 0 aliphatic carbocycles. The third-order valence-corrected chi connectivity index (χ3v) is 5.77. The van der Waals surface area contributed by atoms with Crippen LogP contribution < -0.4 is 0 Å². The molecule has 0 bridgehead atoms. The summed E-state index contributed by atoms with van der Waals surface area (Å²) in [5.41, 5.74) is 3.81. The smallest absolute Gasteiger partial charge is 0.255 e. The number of nitrogens with zero attached hydrogens (tertiary/aromatic N) is 5. The van der Waals surface area contributed by atoms with Gasteiger partial charge in [0.15, 0.2) is 5.65 Å². The first-order valence-electron chi connectivity index (χ1n) is 10.7. The molecule has 0 spiro atoms. The summed E-state index contributed by atoms with van der Waals surface area (Å²) in [4.78, 5) is 38.2. The maximum Gasteiger partial charge on any atom is 0.255 e. The van der Waals surface area contributed by atoms with Crippen LogP contribution in [0.15, 0.2) is 79.3 Å². The Morgan fingerprint density at radius 2 is 1.34 bits per heavy atom. The molecule has 32 heavy (non-hydrogen) atoms. The normalized spacial score (nSPS) is 14.0. The largest absolute Gasteiger partial charge is 0.335 e. The van der Waals surface area contributed by atoms with E-state index >= 15 is 0 Å². The molecular formula is C25H23N5O2. The van der Waals surface area contributed by atoms with E-state index in [0.717, 1.165) is 11.2 Å². The number of pyridine rings is 1. The van der Waals surface area contributed by atoms with Crippen LogP contribution in [0.25, 0.3) is 11.2 Å². The monoisotopic (exact) mass is 425 g/mol. The molecule has 0 radical (unpaired) electrons. The summed E-state index contributed by atoms with van der Waals surface area (Å²) in [6.07, 6.45) is 3.38. The SMILES string of the molecule is O=C(c1ccccc1)N1CCN(C(=O)c2cnc3c(c2)ncn3Cc2ccccc2)CC1. The fourth-order valence-corrected chi connectivity index (χ4v) is 4.02. The number of hydrogen-bond donors (Lipinski definition) is 0. The molecule has 160 valence electrons. The predicted molar refractivity (Wildman–Crippen MR) is 121 cm³/mol. The number of hydrogen-bond acceptors (Lipinski definition) is 4. The lowest BCUT2D eigenvalue weighted by Gasteiger charge is -2.34. The number of aromatic nitrogens is 3. The van der Waals surface area contributed by atoms with Crippen molar-refractivity contribution >= 4 is 23.0 Å². The Kier molecular flexibility index (Phi) is 5.37. The highest BCUT2D eigenvalue weighted by molar-refractivity contribution is 5.97. The average molecular weight is 425 g/mol. The van der Waals surface area contributed by atoms with Crippen LogP contribution in [0.3, 0.4) is 0 Å². The molecule has 0 unspecified atom stereocenters. The quantitative estimate of drug-likeness (QED) is 0.504. The molecule has 3 heterocycles. The summed E-state index contributed by atoms with van der Waals surface area (Å²) in [7, 11) is 0. The van der Waals surface area contributed by atoms with Crippen LogP contribution in [-0.4, -0.2) is 62.3 Å². The zero-order chi connectivity index (χ0) is 21.9. The summed E-state index contributed by atoms with van der Waals surface area (Å²) < 4.78 is 1.98. The second kappa shape index (κ2) is 8.63. The Bertz CT molecular complexity index is 1250. The predicted octanol–water partition coefficient (Wildman–Crippen LogP) is 3.08. The van der Waals surface area contributed by atoms with Crippen LogP contribution in [0.4, 0.5) is 0 Å². The third kappa shape index (κ3) is 3.97. The van der Waals surface area contributed by atoms with Gasteiger partial charge >= 0.3 is 0 Å². The van der Waals surface area contributed by atoms with Gasteiger partial charge in [-0.1, -0.05) is 48.5 Å². The number of imidazole rings is 1. The van der Waals surface area contributed by atoms with Crippen molar-refractivity contribution in [3.63, 3.8) is 0 Å². The van der Waals surface area contributed by atoms with Gasteiger partial charge in [-0.15, -0.1) is 0 Å². The lowest BCUT2D eigenvalue weighted by Crippen LogP contribution is -2.50.